The lowest BCUT2D eigenvalue weighted by Gasteiger charge is -2.34. The molecule has 1 aromatic carbocycles. The lowest BCUT2D eigenvalue weighted by Crippen LogP contribution is -2.24. The van der Waals surface area contributed by atoms with Gasteiger partial charge in [0, 0.05) is 17.6 Å². The monoisotopic (exact) mass is 285 g/mol. The second kappa shape index (κ2) is 5.70. The lowest BCUT2D eigenvalue weighted by molar-refractivity contribution is 0.231. The predicted molar refractivity (Wildman–Crippen MR) is 89.5 cm³/mol. The highest BCUT2D eigenvalue weighted by molar-refractivity contribution is 5.80. The highest BCUT2D eigenvalue weighted by atomic mass is 15.1. The first-order chi connectivity index (χ1) is 10.1. The molecule has 1 aliphatic carbocycles. The van der Waals surface area contributed by atoms with Crippen LogP contribution >= 0.6 is 0 Å². The van der Waals surface area contributed by atoms with Gasteiger partial charge in [-0.05, 0) is 37.0 Å². The summed E-state index contributed by atoms with van der Waals surface area (Å²) in [5.41, 5.74) is 9.06. The van der Waals surface area contributed by atoms with Gasteiger partial charge >= 0.3 is 0 Å². The molecular formula is C18H27N3. The summed E-state index contributed by atoms with van der Waals surface area (Å²) in [6, 6.07) is 6.79. The summed E-state index contributed by atoms with van der Waals surface area (Å²) in [6.07, 6.45) is 6.62. The van der Waals surface area contributed by atoms with E-state index in [0.29, 0.717) is 12.0 Å². The molecule has 21 heavy (non-hydrogen) atoms. The molecule has 0 radical (unpaired) electrons. The van der Waals surface area contributed by atoms with Gasteiger partial charge in [0.2, 0.25) is 0 Å². The van der Waals surface area contributed by atoms with Gasteiger partial charge in [-0.15, -0.1) is 0 Å². The summed E-state index contributed by atoms with van der Waals surface area (Å²) < 4.78 is 2.53. The Morgan fingerprint density at radius 2 is 2.05 bits per heavy atom. The van der Waals surface area contributed by atoms with Crippen LogP contribution in [-0.4, -0.2) is 9.55 Å². The second-order valence-corrected chi connectivity index (χ2v) is 6.76. The van der Waals surface area contributed by atoms with E-state index in [0.717, 1.165) is 17.1 Å². The van der Waals surface area contributed by atoms with E-state index in [2.05, 4.69) is 31.4 Å². The highest BCUT2D eigenvalue weighted by Gasteiger charge is 2.29. The zero-order valence-corrected chi connectivity index (χ0v) is 13.5. The van der Waals surface area contributed by atoms with Gasteiger partial charge in [0.05, 0.1) is 11.0 Å². The minimum atomic E-state index is 0.443. The van der Waals surface area contributed by atoms with Crippen LogP contribution in [-0.2, 0) is 0 Å². The van der Waals surface area contributed by atoms with Crippen molar-refractivity contribution in [2.75, 3.05) is 5.73 Å². The van der Waals surface area contributed by atoms with Crippen molar-refractivity contribution in [3.63, 3.8) is 0 Å². The quantitative estimate of drug-likeness (QED) is 0.816. The topological polar surface area (TPSA) is 43.8 Å². The highest BCUT2D eigenvalue weighted by Crippen LogP contribution is 2.40. The Kier molecular flexibility index (Phi) is 3.92. The van der Waals surface area contributed by atoms with E-state index in [4.69, 9.17) is 10.7 Å². The fraction of sp³-hybridized carbons (Fsp3) is 0.611. The number of nitrogen functional groups attached to an aromatic ring is 1. The van der Waals surface area contributed by atoms with E-state index in [1.807, 2.05) is 12.1 Å². The Morgan fingerprint density at radius 1 is 1.29 bits per heavy atom. The molecular weight excluding hydrogens is 258 g/mol. The average molecular weight is 285 g/mol. The van der Waals surface area contributed by atoms with Crippen LogP contribution in [0.1, 0.15) is 70.7 Å². The van der Waals surface area contributed by atoms with E-state index >= 15 is 0 Å². The Hall–Kier alpha value is -1.51. The zero-order chi connectivity index (χ0) is 15.0. The summed E-state index contributed by atoms with van der Waals surface area (Å²) >= 11 is 0. The standard InChI is InChI=1S/C18H27N3/c1-4-13-7-5-6-8-16(13)21-17-10-9-14(19)11-15(17)20-18(21)12(2)3/h9-13,16H,4-8,19H2,1-3H3. The predicted octanol–water partition coefficient (Wildman–Crippen LogP) is 4.88. The van der Waals surface area contributed by atoms with Crippen LogP contribution in [0.5, 0.6) is 0 Å². The molecule has 3 rings (SSSR count). The summed E-state index contributed by atoms with van der Waals surface area (Å²) in [7, 11) is 0. The van der Waals surface area contributed by atoms with Crippen LogP contribution in [0.4, 0.5) is 5.69 Å². The van der Waals surface area contributed by atoms with Crippen LogP contribution < -0.4 is 5.73 Å². The molecule has 0 aliphatic heterocycles. The molecule has 2 unspecified atom stereocenters. The number of rotatable bonds is 3. The van der Waals surface area contributed by atoms with Crippen molar-refractivity contribution in [2.45, 2.75) is 64.8 Å². The van der Waals surface area contributed by atoms with Crippen molar-refractivity contribution in [2.24, 2.45) is 5.92 Å². The number of imidazole rings is 1. The molecule has 2 N–H and O–H groups in total. The van der Waals surface area contributed by atoms with Gasteiger partial charge in [-0.3, -0.25) is 0 Å². The number of nitrogens with zero attached hydrogens (tertiary/aromatic N) is 2. The fourth-order valence-electron chi connectivity index (χ4n) is 3.89. The average Bonchev–Trinajstić information content (AvgIpc) is 2.85. The normalized spacial score (nSPS) is 23.0. The molecule has 2 aromatic rings. The molecule has 1 heterocycles. The molecule has 3 nitrogen and oxygen atoms in total. The van der Waals surface area contributed by atoms with Crippen molar-refractivity contribution in [1.29, 1.82) is 0 Å². The van der Waals surface area contributed by atoms with Gasteiger partial charge in [-0.25, -0.2) is 4.98 Å². The maximum Gasteiger partial charge on any atom is 0.112 e. The molecule has 0 amide bonds. The first kappa shape index (κ1) is 14.4. The smallest absolute Gasteiger partial charge is 0.112 e. The Labute approximate surface area is 127 Å². The van der Waals surface area contributed by atoms with E-state index in [-0.39, 0.29) is 0 Å². The van der Waals surface area contributed by atoms with Crippen molar-refractivity contribution in [3.8, 4) is 0 Å². The number of fused-ring (bicyclic) bond motifs is 1. The Morgan fingerprint density at radius 3 is 2.76 bits per heavy atom. The maximum atomic E-state index is 5.94. The van der Waals surface area contributed by atoms with E-state index < -0.39 is 0 Å². The molecule has 0 bridgehead atoms. The van der Waals surface area contributed by atoms with Gasteiger partial charge in [0.25, 0.3) is 0 Å². The van der Waals surface area contributed by atoms with Crippen LogP contribution in [0.3, 0.4) is 0 Å². The summed E-state index contributed by atoms with van der Waals surface area (Å²) in [5, 5.41) is 0. The number of benzene rings is 1. The zero-order valence-electron chi connectivity index (χ0n) is 13.5. The van der Waals surface area contributed by atoms with E-state index in [9.17, 15) is 0 Å². The molecule has 2 atom stereocenters. The van der Waals surface area contributed by atoms with E-state index in [1.165, 1.54) is 43.4 Å². The third kappa shape index (κ3) is 2.54. The number of hydrogen-bond acceptors (Lipinski definition) is 2. The maximum absolute atomic E-state index is 5.94. The Bertz CT molecular complexity index is 627. The van der Waals surface area contributed by atoms with Crippen LogP contribution in [0.2, 0.25) is 0 Å². The number of hydrogen-bond donors (Lipinski definition) is 1. The number of aromatic nitrogens is 2. The molecule has 1 aliphatic rings. The molecule has 1 fully saturated rings. The fourth-order valence-corrected chi connectivity index (χ4v) is 3.89. The van der Waals surface area contributed by atoms with Crippen molar-refractivity contribution >= 4 is 16.7 Å². The van der Waals surface area contributed by atoms with Crippen molar-refractivity contribution in [3.05, 3.63) is 24.0 Å². The van der Waals surface area contributed by atoms with Crippen molar-refractivity contribution < 1.29 is 0 Å². The summed E-state index contributed by atoms with van der Waals surface area (Å²) in [4.78, 5) is 4.90. The minimum absolute atomic E-state index is 0.443. The van der Waals surface area contributed by atoms with Crippen LogP contribution in [0.15, 0.2) is 18.2 Å². The molecule has 114 valence electrons. The van der Waals surface area contributed by atoms with E-state index in [1.54, 1.807) is 0 Å². The summed E-state index contributed by atoms with van der Waals surface area (Å²) in [6.45, 7) is 6.81. The minimum Gasteiger partial charge on any atom is -0.399 e. The van der Waals surface area contributed by atoms with Gasteiger partial charge in [-0.2, -0.15) is 0 Å². The molecule has 1 saturated carbocycles. The molecule has 0 saturated heterocycles. The molecule has 1 aromatic heterocycles. The molecule has 0 spiro atoms. The van der Waals surface area contributed by atoms with Crippen molar-refractivity contribution in [1.82, 2.24) is 9.55 Å². The van der Waals surface area contributed by atoms with Gasteiger partial charge in [0.15, 0.2) is 0 Å². The van der Waals surface area contributed by atoms with Gasteiger partial charge in [0.1, 0.15) is 5.82 Å². The Balaban J connectivity index is 2.16. The summed E-state index contributed by atoms with van der Waals surface area (Å²) in [5.74, 6) is 2.45. The lowest BCUT2D eigenvalue weighted by atomic mass is 9.82. The SMILES string of the molecule is CCC1CCCCC1n1c(C(C)C)nc2cc(N)ccc21. The van der Waals surface area contributed by atoms with Crippen LogP contribution in [0.25, 0.3) is 11.0 Å². The number of nitrogens with two attached hydrogens (primary N) is 1. The third-order valence-corrected chi connectivity index (χ3v) is 4.98. The largest absolute Gasteiger partial charge is 0.399 e. The van der Waals surface area contributed by atoms with Gasteiger partial charge in [-0.1, -0.05) is 40.0 Å². The number of anilines is 1. The first-order valence-electron chi connectivity index (χ1n) is 8.39. The third-order valence-electron chi connectivity index (χ3n) is 4.98. The first-order valence-corrected chi connectivity index (χ1v) is 8.39. The molecule has 3 heteroatoms. The second-order valence-electron chi connectivity index (χ2n) is 6.76. The van der Waals surface area contributed by atoms with Gasteiger partial charge < -0.3 is 10.3 Å². The van der Waals surface area contributed by atoms with Crippen LogP contribution in [0, 0.1) is 5.92 Å².